The minimum atomic E-state index is 0.0942. The summed E-state index contributed by atoms with van der Waals surface area (Å²) in [5, 5.41) is 8.33. The van der Waals surface area contributed by atoms with Crippen molar-refractivity contribution in [2.75, 3.05) is 7.05 Å². The Kier molecular flexibility index (Phi) is 3.54. The molecule has 0 saturated heterocycles. The Morgan fingerprint density at radius 1 is 1.50 bits per heavy atom. The largest absolute Gasteiger partial charge is 0.469 e. The Morgan fingerprint density at radius 3 is 3.20 bits per heavy atom. The van der Waals surface area contributed by atoms with Crippen LogP contribution in [-0.2, 0) is 30.7 Å². The lowest BCUT2D eigenvalue weighted by Crippen LogP contribution is -2.27. The zero-order valence-corrected chi connectivity index (χ0v) is 11.6. The molecule has 106 valence electrons. The lowest BCUT2D eigenvalue weighted by atomic mass is 10.2. The number of carbonyl (C=O) groups excluding carboxylic acids is 1. The van der Waals surface area contributed by atoms with Crippen molar-refractivity contribution in [1.29, 1.82) is 0 Å². The maximum atomic E-state index is 12.1. The van der Waals surface area contributed by atoms with Crippen LogP contribution in [0.3, 0.4) is 0 Å². The molecule has 0 aromatic carbocycles. The van der Waals surface area contributed by atoms with E-state index in [-0.39, 0.29) is 5.91 Å². The van der Waals surface area contributed by atoms with Gasteiger partial charge in [0.25, 0.3) is 0 Å². The first-order valence-corrected chi connectivity index (χ1v) is 6.91. The third-order valence-electron chi connectivity index (χ3n) is 3.66. The molecule has 3 rings (SSSR count). The molecule has 1 aliphatic heterocycles. The molecule has 20 heavy (non-hydrogen) atoms. The van der Waals surface area contributed by atoms with Gasteiger partial charge >= 0.3 is 0 Å². The van der Waals surface area contributed by atoms with Gasteiger partial charge < -0.3 is 13.9 Å². The summed E-state index contributed by atoms with van der Waals surface area (Å²) in [6.07, 6.45) is 4.82. The van der Waals surface area contributed by atoms with Gasteiger partial charge in [0.2, 0.25) is 5.91 Å². The molecule has 1 amide bonds. The SMILES string of the molecule is CN(Cc1nnc2n1CCC2)C(=O)CCc1ccco1. The number of hydrogen-bond acceptors (Lipinski definition) is 4. The number of fused-ring (bicyclic) bond motifs is 1. The highest BCUT2D eigenvalue weighted by atomic mass is 16.3. The second-order valence-corrected chi connectivity index (χ2v) is 5.12. The van der Waals surface area contributed by atoms with Gasteiger partial charge in [-0.25, -0.2) is 0 Å². The average Bonchev–Trinajstić information content (AvgIpc) is 3.15. The Balaban J connectivity index is 1.55. The van der Waals surface area contributed by atoms with Crippen LogP contribution in [-0.4, -0.2) is 32.6 Å². The smallest absolute Gasteiger partial charge is 0.223 e. The summed E-state index contributed by atoms with van der Waals surface area (Å²) in [5.74, 6) is 2.86. The fourth-order valence-corrected chi connectivity index (χ4v) is 2.50. The first-order valence-electron chi connectivity index (χ1n) is 6.91. The molecular formula is C14H18N4O2. The van der Waals surface area contributed by atoms with E-state index < -0.39 is 0 Å². The van der Waals surface area contributed by atoms with Crippen molar-refractivity contribution in [1.82, 2.24) is 19.7 Å². The van der Waals surface area contributed by atoms with Crippen LogP contribution in [0.4, 0.5) is 0 Å². The minimum Gasteiger partial charge on any atom is -0.469 e. The number of aryl methyl sites for hydroxylation is 2. The van der Waals surface area contributed by atoms with E-state index in [4.69, 9.17) is 4.42 Å². The number of aromatic nitrogens is 3. The van der Waals surface area contributed by atoms with Gasteiger partial charge in [0.05, 0.1) is 12.8 Å². The highest BCUT2D eigenvalue weighted by Crippen LogP contribution is 2.15. The lowest BCUT2D eigenvalue weighted by molar-refractivity contribution is -0.130. The number of nitrogens with zero attached hydrogens (tertiary/aromatic N) is 4. The Bertz CT molecular complexity index is 588. The van der Waals surface area contributed by atoms with E-state index >= 15 is 0 Å². The maximum absolute atomic E-state index is 12.1. The van der Waals surface area contributed by atoms with Crippen molar-refractivity contribution in [2.24, 2.45) is 0 Å². The summed E-state index contributed by atoms with van der Waals surface area (Å²) in [4.78, 5) is 13.8. The van der Waals surface area contributed by atoms with Crippen LogP contribution in [0.5, 0.6) is 0 Å². The predicted molar refractivity (Wildman–Crippen MR) is 71.8 cm³/mol. The zero-order valence-electron chi connectivity index (χ0n) is 11.6. The average molecular weight is 274 g/mol. The number of furan rings is 1. The Hall–Kier alpha value is -2.11. The molecule has 0 radical (unpaired) electrons. The van der Waals surface area contributed by atoms with Gasteiger partial charge in [-0.2, -0.15) is 0 Å². The van der Waals surface area contributed by atoms with Crippen LogP contribution < -0.4 is 0 Å². The van der Waals surface area contributed by atoms with Gasteiger partial charge in [0.15, 0.2) is 5.82 Å². The van der Waals surface area contributed by atoms with E-state index in [1.165, 1.54) is 0 Å². The molecule has 0 atom stereocenters. The fraction of sp³-hybridized carbons (Fsp3) is 0.500. The minimum absolute atomic E-state index is 0.0942. The van der Waals surface area contributed by atoms with E-state index in [0.717, 1.165) is 36.8 Å². The molecule has 0 N–H and O–H groups in total. The van der Waals surface area contributed by atoms with Crippen molar-refractivity contribution in [3.63, 3.8) is 0 Å². The molecule has 0 fully saturated rings. The van der Waals surface area contributed by atoms with Crippen LogP contribution in [0.25, 0.3) is 0 Å². The molecule has 0 saturated carbocycles. The van der Waals surface area contributed by atoms with E-state index in [2.05, 4.69) is 14.8 Å². The van der Waals surface area contributed by atoms with Gasteiger partial charge in [0, 0.05) is 32.9 Å². The van der Waals surface area contributed by atoms with E-state index in [1.807, 2.05) is 12.1 Å². The molecule has 2 aromatic heterocycles. The third-order valence-corrected chi connectivity index (χ3v) is 3.66. The molecule has 2 aromatic rings. The van der Waals surface area contributed by atoms with Crippen molar-refractivity contribution >= 4 is 5.91 Å². The van der Waals surface area contributed by atoms with Gasteiger partial charge in [-0.1, -0.05) is 0 Å². The van der Waals surface area contributed by atoms with Crippen molar-refractivity contribution in [3.05, 3.63) is 35.8 Å². The fourth-order valence-electron chi connectivity index (χ4n) is 2.50. The molecule has 1 aliphatic rings. The summed E-state index contributed by atoms with van der Waals surface area (Å²) in [6, 6.07) is 3.72. The molecule has 0 unspecified atom stereocenters. The van der Waals surface area contributed by atoms with E-state index in [0.29, 0.717) is 19.4 Å². The molecule has 0 aliphatic carbocycles. The van der Waals surface area contributed by atoms with Gasteiger partial charge in [0.1, 0.15) is 11.6 Å². The molecule has 3 heterocycles. The number of hydrogen-bond donors (Lipinski definition) is 0. The van der Waals surface area contributed by atoms with Crippen molar-refractivity contribution < 1.29 is 9.21 Å². The predicted octanol–water partition coefficient (Wildman–Crippen LogP) is 1.41. The third kappa shape index (κ3) is 2.59. The Morgan fingerprint density at radius 2 is 2.40 bits per heavy atom. The molecular weight excluding hydrogens is 256 g/mol. The van der Waals surface area contributed by atoms with Crippen LogP contribution >= 0.6 is 0 Å². The summed E-state index contributed by atoms with van der Waals surface area (Å²) < 4.78 is 7.35. The monoisotopic (exact) mass is 274 g/mol. The first-order chi connectivity index (χ1) is 9.74. The standard InChI is InChI=1S/C14H18N4O2/c1-17(14(19)7-6-11-4-3-9-20-11)10-13-16-15-12-5-2-8-18(12)13/h3-4,9H,2,5-8,10H2,1H3. The van der Waals surface area contributed by atoms with Gasteiger partial charge in [-0.15, -0.1) is 10.2 Å². The maximum Gasteiger partial charge on any atom is 0.223 e. The number of amides is 1. The van der Waals surface area contributed by atoms with Crippen LogP contribution in [0, 0.1) is 0 Å². The van der Waals surface area contributed by atoms with Gasteiger partial charge in [-0.3, -0.25) is 4.79 Å². The summed E-state index contributed by atoms with van der Waals surface area (Å²) in [7, 11) is 1.81. The summed E-state index contributed by atoms with van der Waals surface area (Å²) >= 11 is 0. The molecule has 0 bridgehead atoms. The van der Waals surface area contributed by atoms with Crippen LogP contribution in [0.2, 0.25) is 0 Å². The van der Waals surface area contributed by atoms with Crippen molar-refractivity contribution in [2.45, 2.75) is 38.8 Å². The zero-order chi connectivity index (χ0) is 13.9. The summed E-state index contributed by atoms with van der Waals surface area (Å²) in [6.45, 7) is 1.48. The number of rotatable bonds is 5. The number of carbonyl (C=O) groups is 1. The highest BCUT2D eigenvalue weighted by molar-refractivity contribution is 5.75. The Labute approximate surface area is 117 Å². The van der Waals surface area contributed by atoms with Crippen molar-refractivity contribution in [3.8, 4) is 0 Å². The normalized spacial score (nSPS) is 13.4. The lowest BCUT2D eigenvalue weighted by Gasteiger charge is -2.16. The van der Waals surface area contributed by atoms with E-state index in [9.17, 15) is 4.79 Å². The second-order valence-electron chi connectivity index (χ2n) is 5.12. The van der Waals surface area contributed by atoms with Crippen LogP contribution in [0.15, 0.2) is 22.8 Å². The highest BCUT2D eigenvalue weighted by Gasteiger charge is 2.19. The second kappa shape index (κ2) is 5.48. The summed E-state index contributed by atoms with van der Waals surface area (Å²) in [5.41, 5.74) is 0. The topological polar surface area (TPSA) is 64.2 Å². The molecule has 6 heteroatoms. The first kappa shape index (κ1) is 12.9. The molecule has 0 spiro atoms. The quantitative estimate of drug-likeness (QED) is 0.827. The van der Waals surface area contributed by atoms with E-state index in [1.54, 1.807) is 18.2 Å². The van der Waals surface area contributed by atoms with Gasteiger partial charge in [-0.05, 0) is 18.6 Å². The van der Waals surface area contributed by atoms with Crippen LogP contribution in [0.1, 0.15) is 30.3 Å². The molecule has 6 nitrogen and oxygen atoms in total.